The molecule has 0 aromatic heterocycles. The fraction of sp³-hybridized carbons (Fsp3) is 0.792. The molecule has 0 aromatic carbocycles. The minimum Gasteiger partial charge on any atom is -0.393 e. The molecule has 3 atom stereocenters. The van der Waals surface area contributed by atoms with Crippen LogP contribution in [0.3, 0.4) is 0 Å². The molecule has 2 saturated heterocycles. The minimum absolute atomic E-state index is 0.00610. The topological polar surface area (TPSA) is 43.8 Å². The van der Waals surface area contributed by atoms with Crippen molar-refractivity contribution in [3.05, 3.63) is 23.7 Å². The summed E-state index contributed by atoms with van der Waals surface area (Å²) in [4.78, 5) is 18.3. The highest BCUT2D eigenvalue weighted by atomic mass is 19.1. The van der Waals surface area contributed by atoms with Crippen LogP contribution < -0.4 is 0 Å². The zero-order valence-electron chi connectivity index (χ0n) is 17.3. The van der Waals surface area contributed by atoms with Crippen LogP contribution in [0.4, 0.5) is 4.39 Å². The standard InChI is InChI=1S/C24H33FN2O2/c25-19-4-1-2-5-20(19)26-8-3-6-23(15-26)7-9-27(22(23)29)24-12-16-10-17(13-24)21(28)18(11-16)14-24/h4-5,16-18,21,28H,1-3,6-15H2. The molecular weight excluding hydrogens is 367 g/mol. The summed E-state index contributed by atoms with van der Waals surface area (Å²) >= 11 is 0. The predicted octanol–water partition coefficient (Wildman–Crippen LogP) is 3.77. The number of carbonyl (C=O) groups excluding carboxylic acids is 1. The van der Waals surface area contributed by atoms with Crippen molar-refractivity contribution in [1.82, 2.24) is 9.80 Å². The van der Waals surface area contributed by atoms with Gasteiger partial charge in [0.15, 0.2) is 0 Å². The molecule has 0 radical (unpaired) electrons. The van der Waals surface area contributed by atoms with Gasteiger partial charge in [0.05, 0.1) is 17.2 Å². The number of hydrogen-bond donors (Lipinski definition) is 1. The highest BCUT2D eigenvalue weighted by Crippen LogP contribution is 2.59. The summed E-state index contributed by atoms with van der Waals surface area (Å²) in [5.74, 6) is 1.69. The van der Waals surface area contributed by atoms with E-state index in [0.717, 1.165) is 83.0 Å². The Labute approximate surface area is 172 Å². The summed E-state index contributed by atoms with van der Waals surface area (Å²) in [6.07, 6.45) is 13.5. The first-order valence-corrected chi connectivity index (χ1v) is 11.8. The number of allylic oxidation sites excluding steroid dienone is 3. The molecule has 158 valence electrons. The van der Waals surface area contributed by atoms with Gasteiger partial charge in [-0.15, -0.1) is 0 Å². The maximum absolute atomic E-state index is 14.5. The number of hydrogen-bond acceptors (Lipinski definition) is 3. The molecule has 6 fully saturated rings. The van der Waals surface area contributed by atoms with Gasteiger partial charge >= 0.3 is 0 Å². The number of carbonyl (C=O) groups is 1. The maximum atomic E-state index is 14.5. The van der Waals surface area contributed by atoms with Gasteiger partial charge in [-0.1, -0.05) is 6.08 Å². The first-order chi connectivity index (χ1) is 14.0. The lowest BCUT2D eigenvalue weighted by Crippen LogP contribution is -2.65. The predicted molar refractivity (Wildman–Crippen MR) is 108 cm³/mol. The van der Waals surface area contributed by atoms with Crippen molar-refractivity contribution in [3.63, 3.8) is 0 Å². The number of piperidine rings is 1. The van der Waals surface area contributed by atoms with Crippen molar-refractivity contribution < 1.29 is 14.3 Å². The highest BCUT2D eigenvalue weighted by molar-refractivity contribution is 5.86. The van der Waals surface area contributed by atoms with Gasteiger partial charge in [0.2, 0.25) is 5.91 Å². The van der Waals surface area contributed by atoms with Gasteiger partial charge in [-0.3, -0.25) is 4.79 Å². The summed E-state index contributed by atoms with van der Waals surface area (Å²) < 4.78 is 14.5. The van der Waals surface area contributed by atoms with Crippen LogP contribution in [0.15, 0.2) is 23.7 Å². The van der Waals surface area contributed by atoms with Gasteiger partial charge in [0.1, 0.15) is 5.83 Å². The molecule has 29 heavy (non-hydrogen) atoms. The average molecular weight is 401 g/mol. The Morgan fingerprint density at radius 3 is 2.55 bits per heavy atom. The summed E-state index contributed by atoms with van der Waals surface area (Å²) in [5, 5.41) is 10.6. The number of halogens is 1. The largest absolute Gasteiger partial charge is 0.393 e. The Balaban J connectivity index is 1.25. The normalized spacial score (nSPS) is 46.5. The van der Waals surface area contributed by atoms with E-state index in [-0.39, 0.29) is 22.9 Å². The molecule has 4 bridgehead atoms. The van der Waals surface area contributed by atoms with Crippen molar-refractivity contribution in [2.45, 2.75) is 75.9 Å². The second-order valence-corrected chi connectivity index (χ2v) is 10.9. The molecule has 7 rings (SSSR count). The molecule has 1 amide bonds. The smallest absolute Gasteiger partial charge is 0.231 e. The van der Waals surface area contributed by atoms with E-state index in [1.807, 2.05) is 6.08 Å². The van der Waals surface area contributed by atoms with Crippen molar-refractivity contribution in [3.8, 4) is 0 Å². The molecule has 7 aliphatic rings. The van der Waals surface area contributed by atoms with Crippen LogP contribution in [0.1, 0.15) is 64.2 Å². The SMILES string of the molecule is O=C1N(C23CC4CC(C2)C(O)C(C4)C3)CCC12CCCN(C1=CCCC=C1F)C2. The number of aliphatic hydroxyl groups excluding tert-OH is 1. The average Bonchev–Trinajstić information content (AvgIpc) is 3.02. The van der Waals surface area contributed by atoms with Crippen LogP contribution in [0.5, 0.6) is 0 Å². The van der Waals surface area contributed by atoms with E-state index in [1.165, 1.54) is 0 Å². The van der Waals surface area contributed by atoms with Crippen LogP contribution in [0.25, 0.3) is 0 Å². The second kappa shape index (κ2) is 6.32. The lowest BCUT2D eigenvalue weighted by molar-refractivity contribution is -0.168. The van der Waals surface area contributed by atoms with Gasteiger partial charge in [0, 0.05) is 25.2 Å². The number of rotatable bonds is 2. The van der Waals surface area contributed by atoms with E-state index in [1.54, 1.807) is 6.08 Å². The number of amides is 1. The fourth-order valence-corrected chi connectivity index (χ4v) is 8.19. The van der Waals surface area contributed by atoms with E-state index in [4.69, 9.17) is 0 Å². The molecule has 2 heterocycles. The molecule has 4 saturated carbocycles. The second-order valence-electron chi connectivity index (χ2n) is 10.9. The summed E-state index contributed by atoms with van der Waals surface area (Å²) in [6.45, 7) is 2.38. The molecule has 1 N–H and O–H groups in total. The third-order valence-electron chi connectivity index (χ3n) is 9.27. The summed E-state index contributed by atoms with van der Waals surface area (Å²) in [7, 11) is 0. The van der Waals surface area contributed by atoms with E-state index in [0.29, 0.717) is 30.2 Å². The Morgan fingerprint density at radius 2 is 1.79 bits per heavy atom. The Bertz CT molecular complexity index is 776. The molecule has 3 unspecified atom stereocenters. The zero-order valence-corrected chi connectivity index (χ0v) is 17.3. The molecular formula is C24H33FN2O2. The lowest BCUT2D eigenvalue weighted by atomic mass is 9.51. The zero-order chi connectivity index (χ0) is 19.8. The van der Waals surface area contributed by atoms with Gasteiger partial charge in [-0.25, -0.2) is 4.39 Å². The minimum atomic E-state index is -0.335. The van der Waals surface area contributed by atoms with Crippen LogP contribution in [0, 0.1) is 23.2 Å². The van der Waals surface area contributed by atoms with Crippen LogP contribution >= 0.6 is 0 Å². The molecule has 1 spiro atoms. The summed E-state index contributed by atoms with van der Waals surface area (Å²) in [5.41, 5.74) is 0.381. The fourth-order valence-electron chi connectivity index (χ4n) is 8.19. The molecule has 5 aliphatic carbocycles. The number of aliphatic hydroxyl groups is 1. The van der Waals surface area contributed by atoms with E-state index in [2.05, 4.69) is 9.80 Å². The lowest BCUT2D eigenvalue weighted by Gasteiger charge is -2.61. The third-order valence-corrected chi connectivity index (χ3v) is 9.27. The Morgan fingerprint density at radius 1 is 1.03 bits per heavy atom. The third kappa shape index (κ3) is 2.62. The van der Waals surface area contributed by atoms with E-state index >= 15 is 0 Å². The Kier molecular flexibility index (Phi) is 4.01. The van der Waals surface area contributed by atoms with Crippen LogP contribution in [0.2, 0.25) is 0 Å². The maximum Gasteiger partial charge on any atom is 0.231 e. The van der Waals surface area contributed by atoms with Crippen LogP contribution in [-0.4, -0.2) is 52.1 Å². The molecule has 5 heteroatoms. The first-order valence-electron chi connectivity index (χ1n) is 11.8. The Hall–Kier alpha value is -1.36. The van der Waals surface area contributed by atoms with Crippen LogP contribution in [-0.2, 0) is 4.79 Å². The van der Waals surface area contributed by atoms with Crippen molar-refractivity contribution >= 4 is 5.91 Å². The summed E-state index contributed by atoms with van der Waals surface area (Å²) in [6, 6.07) is 0. The molecule has 0 aromatic rings. The molecule has 4 nitrogen and oxygen atoms in total. The highest BCUT2D eigenvalue weighted by Gasteiger charge is 2.62. The number of nitrogens with zero attached hydrogens (tertiary/aromatic N) is 2. The monoisotopic (exact) mass is 400 g/mol. The van der Waals surface area contributed by atoms with Crippen molar-refractivity contribution in [2.24, 2.45) is 23.2 Å². The van der Waals surface area contributed by atoms with Gasteiger partial charge in [0.25, 0.3) is 0 Å². The quantitative estimate of drug-likeness (QED) is 0.767. The van der Waals surface area contributed by atoms with Gasteiger partial charge in [-0.2, -0.15) is 0 Å². The van der Waals surface area contributed by atoms with Gasteiger partial charge in [-0.05, 0) is 88.0 Å². The first kappa shape index (κ1) is 18.4. The van der Waals surface area contributed by atoms with Crippen molar-refractivity contribution in [1.29, 1.82) is 0 Å². The van der Waals surface area contributed by atoms with E-state index < -0.39 is 0 Å². The molecule has 2 aliphatic heterocycles. The van der Waals surface area contributed by atoms with Gasteiger partial charge < -0.3 is 14.9 Å². The van der Waals surface area contributed by atoms with Crippen molar-refractivity contribution in [2.75, 3.05) is 19.6 Å². The number of likely N-dealkylation sites (tertiary alicyclic amines) is 2. The van der Waals surface area contributed by atoms with E-state index in [9.17, 15) is 14.3 Å².